The van der Waals surface area contributed by atoms with Gasteiger partial charge in [-0.3, -0.25) is 4.79 Å². The molecule has 0 aliphatic rings. The van der Waals surface area contributed by atoms with Crippen LogP contribution in [0, 0.1) is 5.92 Å². The summed E-state index contributed by atoms with van der Waals surface area (Å²) < 4.78 is 0. The van der Waals surface area contributed by atoms with Crippen molar-refractivity contribution < 1.29 is 15.0 Å². The highest BCUT2D eigenvalue weighted by Crippen LogP contribution is 2.11. The lowest BCUT2D eigenvalue weighted by Crippen LogP contribution is -2.28. The molecule has 0 spiro atoms. The van der Waals surface area contributed by atoms with E-state index in [-0.39, 0.29) is 11.7 Å². The molecule has 1 rings (SSSR count). The number of aromatic hydroxyl groups is 1. The van der Waals surface area contributed by atoms with Crippen molar-refractivity contribution >= 4 is 5.97 Å². The third kappa shape index (κ3) is 3.90. The summed E-state index contributed by atoms with van der Waals surface area (Å²) in [5.74, 6) is -0.912. The van der Waals surface area contributed by atoms with E-state index in [1.54, 1.807) is 19.1 Å². The standard InChI is InChI=1S/C12H17NO3/c1-9(12(15)16)7-13(2)8-10-3-5-11(14)6-4-10/h3-6,9,14H,7-8H2,1-2H3,(H,15,16). The molecule has 4 heteroatoms. The minimum Gasteiger partial charge on any atom is -0.508 e. The van der Waals surface area contributed by atoms with Gasteiger partial charge in [-0.2, -0.15) is 0 Å². The summed E-state index contributed by atoms with van der Waals surface area (Å²) in [4.78, 5) is 12.6. The maximum absolute atomic E-state index is 10.7. The van der Waals surface area contributed by atoms with Gasteiger partial charge >= 0.3 is 5.97 Å². The molecule has 0 aliphatic heterocycles. The number of aliphatic carboxylic acids is 1. The van der Waals surface area contributed by atoms with Crippen LogP contribution in [0.2, 0.25) is 0 Å². The first-order valence-electron chi connectivity index (χ1n) is 5.18. The van der Waals surface area contributed by atoms with Crippen LogP contribution in [-0.2, 0) is 11.3 Å². The average Bonchev–Trinajstić information content (AvgIpc) is 2.21. The molecule has 0 radical (unpaired) electrons. The van der Waals surface area contributed by atoms with Crippen molar-refractivity contribution in [3.63, 3.8) is 0 Å². The van der Waals surface area contributed by atoms with Gasteiger partial charge in [0.1, 0.15) is 5.75 Å². The molecule has 0 fully saturated rings. The summed E-state index contributed by atoms with van der Waals surface area (Å²) in [7, 11) is 1.88. The van der Waals surface area contributed by atoms with E-state index in [1.165, 1.54) is 0 Å². The number of hydrogen-bond acceptors (Lipinski definition) is 3. The number of nitrogens with zero attached hydrogens (tertiary/aromatic N) is 1. The first-order chi connectivity index (χ1) is 7.49. The van der Waals surface area contributed by atoms with Crippen LogP contribution in [0.15, 0.2) is 24.3 Å². The summed E-state index contributed by atoms with van der Waals surface area (Å²) >= 11 is 0. The summed E-state index contributed by atoms with van der Waals surface area (Å²) in [5.41, 5.74) is 1.05. The summed E-state index contributed by atoms with van der Waals surface area (Å²) in [5, 5.41) is 17.9. The van der Waals surface area contributed by atoms with E-state index in [0.717, 1.165) is 5.56 Å². The van der Waals surface area contributed by atoms with Crippen molar-refractivity contribution in [2.24, 2.45) is 5.92 Å². The Labute approximate surface area is 95.1 Å². The van der Waals surface area contributed by atoms with E-state index in [2.05, 4.69) is 0 Å². The number of carbonyl (C=O) groups is 1. The number of carboxylic acid groups (broad SMARTS) is 1. The highest BCUT2D eigenvalue weighted by Gasteiger charge is 2.13. The molecule has 16 heavy (non-hydrogen) atoms. The monoisotopic (exact) mass is 223 g/mol. The molecule has 4 nitrogen and oxygen atoms in total. The van der Waals surface area contributed by atoms with E-state index >= 15 is 0 Å². The Morgan fingerprint density at radius 3 is 2.44 bits per heavy atom. The third-order valence-electron chi connectivity index (χ3n) is 2.40. The summed E-state index contributed by atoms with van der Waals surface area (Å²) in [6, 6.07) is 6.92. The lowest BCUT2D eigenvalue weighted by atomic mass is 10.1. The molecule has 0 aliphatic carbocycles. The third-order valence-corrected chi connectivity index (χ3v) is 2.40. The van der Waals surface area contributed by atoms with Crippen LogP contribution in [0.1, 0.15) is 12.5 Å². The number of hydrogen-bond donors (Lipinski definition) is 2. The number of benzene rings is 1. The lowest BCUT2D eigenvalue weighted by molar-refractivity contribution is -0.141. The molecule has 0 heterocycles. The van der Waals surface area contributed by atoms with Crippen LogP contribution >= 0.6 is 0 Å². The van der Waals surface area contributed by atoms with E-state index in [9.17, 15) is 4.79 Å². The molecule has 0 amide bonds. The molecule has 1 atom stereocenters. The van der Waals surface area contributed by atoms with Crippen molar-refractivity contribution in [1.29, 1.82) is 0 Å². The number of carboxylic acids is 1. The molecule has 0 aromatic heterocycles. The quantitative estimate of drug-likeness (QED) is 0.795. The maximum Gasteiger partial charge on any atom is 0.307 e. The second kappa shape index (κ2) is 5.51. The number of phenols is 1. The predicted octanol–water partition coefficient (Wildman–Crippen LogP) is 1.54. The fourth-order valence-electron chi connectivity index (χ4n) is 1.52. The van der Waals surface area contributed by atoms with Crippen LogP contribution in [0.3, 0.4) is 0 Å². The van der Waals surface area contributed by atoms with Gasteiger partial charge < -0.3 is 15.1 Å². The van der Waals surface area contributed by atoms with Gasteiger partial charge in [0.15, 0.2) is 0 Å². The van der Waals surface area contributed by atoms with Crippen LogP contribution in [-0.4, -0.2) is 34.7 Å². The van der Waals surface area contributed by atoms with Crippen molar-refractivity contribution in [3.8, 4) is 5.75 Å². The smallest absolute Gasteiger partial charge is 0.307 e. The van der Waals surface area contributed by atoms with Gasteiger partial charge in [0.2, 0.25) is 0 Å². The Bertz CT molecular complexity index is 348. The van der Waals surface area contributed by atoms with E-state index in [0.29, 0.717) is 13.1 Å². The predicted molar refractivity (Wildman–Crippen MR) is 61.2 cm³/mol. The van der Waals surface area contributed by atoms with Gasteiger partial charge in [-0.1, -0.05) is 19.1 Å². The Kier molecular flexibility index (Phi) is 4.31. The molecule has 2 N–H and O–H groups in total. The zero-order chi connectivity index (χ0) is 12.1. The van der Waals surface area contributed by atoms with Crippen LogP contribution in [0.4, 0.5) is 0 Å². The fraction of sp³-hybridized carbons (Fsp3) is 0.417. The summed E-state index contributed by atoms with van der Waals surface area (Å²) in [6.07, 6.45) is 0. The summed E-state index contributed by atoms with van der Waals surface area (Å²) in [6.45, 7) is 2.88. The minimum absolute atomic E-state index is 0.241. The number of rotatable bonds is 5. The normalized spacial score (nSPS) is 12.7. The Balaban J connectivity index is 2.48. The van der Waals surface area contributed by atoms with Crippen LogP contribution < -0.4 is 0 Å². The van der Waals surface area contributed by atoms with Crippen molar-refractivity contribution in [1.82, 2.24) is 4.90 Å². The molecule has 1 aromatic rings. The maximum atomic E-state index is 10.7. The van der Waals surface area contributed by atoms with Crippen molar-refractivity contribution in [3.05, 3.63) is 29.8 Å². The molecule has 0 saturated heterocycles. The average molecular weight is 223 g/mol. The topological polar surface area (TPSA) is 60.8 Å². The highest BCUT2D eigenvalue weighted by molar-refractivity contribution is 5.69. The van der Waals surface area contributed by atoms with Crippen molar-refractivity contribution in [2.45, 2.75) is 13.5 Å². The Hall–Kier alpha value is -1.55. The Morgan fingerprint density at radius 1 is 1.38 bits per heavy atom. The SMILES string of the molecule is CC(CN(C)Cc1ccc(O)cc1)C(=O)O. The first kappa shape index (κ1) is 12.5. The second-order valence-electron chi connectivity index (χ2n) is 4.10. The molecule has 0 saturated carbocycles. The molecular formula is C12H17NO3. The van der Waals surface area contributed by atoms with Gasteiger partial charge in [-0.25, -0.2) is 0 Å². The highest BCUT2D eigenvalue weighted by atomic mass is 16.4. The largest absolute Gasteiger partial charge is 0.508 e. The Morgan fingerprint density at radius 2 is 1.94 bits per heavy atom. The molecule has 0 bridgehead atoms. The van der Waals surface area contributed by atoms with Gasteiger partial charge in [0.25, 0.3) is 0 Å². The van der Waals surface area contributed by atoms with E-state index < -0.39 is 5.97 Å². The second-order valence-corrected chi connectivity index (χ2v) is 4.10. The van der Waals surface area contributed by atoms with Gasteiger partial charge in [-0.15, -0.1) is 0 Å². The molecule has 1 aromatic carbocycles. The van der Waals surface area contributed by atoms with Gasteiger partial charge in [0.05, 0.1) is 5.92 Å². The lowest BCUT2D eigenvalue weighted by Gasteiger charge is -2.18. The molecular weight excluding hydrogens is 206 g/mol. The van der Waals surface area contributed by atoms with Crippen LogP contribution in [0.25, 0.3) is 0 Å². The van der Waals surface area contributed by atoms with Gasteiger partial charge in [0, 0.05) is 13.1 Å². The number of phenolic OH excluding ortho intramolecular Hbond substituents is 1. The van der Waals surface area contributed by atoms with Crippen molar-refractivity contribution in [2.75, 3.05) is 13.6 Å². The first-order valence-corrected chi connectivity index (χ1v) is 5.18. The van der Waals surface area contributed by atoms with E-state index in [1.807, 2.05) is 24.1 Å². The zero-order valence-corrected chi connectivity index (χ0v) is 9.55. The minimum atomic E-state index is -0.780. The zero-order valence-electron chi connectivity index (χ0n) is 9.55. The fourth-order valence-corrected chi connectivity index (χ4v) is 1.52. The van der Waals surface area contributed by atoms with E-state index in [4.69, 9.17) is 10.2 Å². The molecule has 88 valence electrons. The van der Waals surface area contributed by atoms with Gasteiger partial charge in [-0.05, 0) is 24.7 Å². The van der Waals surface area contributed by atoms with Crippen LogP contribution in [0.5, 0.6) is 5.75 Å². The molecule has 1 unspecified atom stereocenters.